The maximum atomic E-state index is 12.9. The monoisotopic (exact) mass is 406 g/mol. The Morgan fingerprint density at radius 2 is 1.92 bits per heavy atom. The van der Waals surface area contributed by atoms with E-state index in [1.54, 1.807) is 6.92 Å². The highest BCUT2D eigenvalue weighted by atomic mass is 79.9. The zero-order chi connectivity index (χ0) is 18.3. The Hall–Kier alpha value is -1.02. The van der Waals surface area contributed by atoms with E-state index in [-0.39, 0.29) is 39.7 Å². The predicted octanol–water partition coefficient (Wildman–Crippen LogP) is 3.32. The van der Waals surface area contributed by atoms with Crippen LogP contribution in [0.1, 0.15) is 58.3 Å². The Bertz CT molecular complexity index is 612. The molecule has 0 unspecified atom stereocenters. The van der Waals surface area contributed by atoms with Crippen LogP contribution in [-0.2, 0) is 11.3 Å². The molecular formula is C16H25BrF2N4O. The molecule has 2 N–H and O–H groups in total. The lowest BCUT2D eigenvalue weighted by atomic mass is 9.79. The van der Waals surface area contributed by atoms with Crippen molar-refractivity contribution in [1.82, 2.24) is 20.4 Å². The summed E-state index contributed by atoms with van der Waals surface area (Å²) in [5.41, 5.74) is 0.0382. The van der Waals surface area contributed by atoms with Crippen LogP contribution in [0.15, 0.2) is 4.47 Å². The predicted molar refractivity (Wildman–Crippen MR) is 92.1 cm³/mol. The average molecular weight is 407 g/mol. The lowest BCUT2D eigenvalue weighted by molar-refractivity contribution is -0.123. The summed E-state index contributed by atoms with van der Waals surface area (Å²) in [7, 11) is 0. The van der Waals surface area contributed by atoms with E-state index < -0.39 is 6.43 Å². The number of nitrogens with one attached hydrogen (secondary N) is 2. The van der Waals surface area contributed by atoms with E-state index in [9.17, 15) is 13.6 Å². The van der Waals surface area contributed by atoms with Gasteiger partial charge < -0.3 is 10.6 Å². The minimum atomic E-state index is -2.67. The van der Waals surface area contributed by atoms with Crippen molar-refractivity contribution >= 4 is 21.8 Å². The Morgan fingerprint density at radius 1 is 1.38 bits per heavy atom. The molecule has 1 amide bonds. The number of carbonyl (C=O) groups excluding carboxylic acids is 1. The number of alkyl halides is 2. The van der Waals surface area contributed by atoms with Crippen molar-refractivity contribution in [3.8, 4) is 0 Å². The molecule has 8 heteroatoms. The van der Waals surface area contributed by atoms with Gasteiger partial charge in [0.05, 0.1) is 10.2 Å². The van der Waals surface area contributed by atoms with Gasteiger partial charge in [-0.2, -0.15) is 5.10 Å². The van der Waals surface area contributed by atoms with E-state index in [0.717, 1.165) is 12.8 Å². The molecule has 1 aliphatic heterocycles. The number of hydrogen-bond donors (Lipinski definition) is 2. The zero-order valence-corrected chi connectivity index (χ0v) is 16.3. The average Bonchev–Trinajstić information content (AvgIpc) is 2.63. The molecule has 24 heavy (non-hydrogen) atoms. The van der Waals surface area contributed by atoms with Gasteiger partial charge in [-0.3, -0.25) is 9.48 Å². The highest BCUT2D eigenvalue weighted by Crippen LogP contribution is 2.30. The van der Waals surface area contributed by atoms with Crippen molar-refractivity contribution in [3.63, 3.8) is 0 Å². The Morgan fingerprint density at radius 3 is 2.38 bits per heavy atom. The Labute approximate surface area is 149 Å². The lowest BCUT2D eigenvalue weighted by Gasteiger charge is -2.46. The number of rotatable bonds is 4. The largest absolute Gasteiger partial charge is 0.352 e. The van der Waals surface area contributed by atoms with E-state index in [1.807, 2.05) is 0 Å². The first-order valence-electron chi connectivity index (χ1n) is 8.00. The molecule has 2 heterocycles. The zero-order valence-electron chi connectivity index (χ0n) is 14.7. The highest BCUT2D eigenvalue weighted by molar-refractivity contribution is 9.10. The van der Waals surface area contributed by atoms with Gasteiger partial charge in [-0.05, 0) is 63.4 Å². The number of nitrogens with zero attached hydrogens (tertiary/aromatic N) is 2. The van der Waals surface area contributed by atoms with E-state index in [2.05, 4.69) is 59.4 Å². The number of aromatic nitrogens is 2. The number of carbonyl (C=O) groups is 1. The molecule has 136 valence electrons. The molecular weight excluding hydrogens is 382 g/mol. The third kappa shape index (κ3) is 4.53. The third-order valence-corrected chi connectivity index (χ3v) is 5.19. The van der Waals surface area contributed by atoms with Crippen LogP contribution >= 0.6 is 15.9 Å². The van der Waals surface area contributed by atoms with E-state index in [4.69, 9.17) is 0 Å². The highest BCUT2D eigenvalue weighted by Gasteiger charge is 2.38. The quantitative estimate of drug-likeness (QED) is 0.805. The number of piperidine rings is 1. The van der Waals surface area contributed by atoms with Crippen LogP contribution in [0.4, 0.5) is 8.78 Å². The van der Waals surface area contributed by atoms with Gasteiger partial charge in [-0.25, -0.2) is 8.78 Å². The molecule has 0 aliphatic carbocycles. The van der Waals surface area contributed by atoms with E-state index >= 15 is 0 Å². The summed E-state index contributed by atoms with van der Waals surface area (Å²) in [6.07, 6.45) is -1.05. The van der Waals surface area contributed by atoms with Gasteiger partial charge in [0.25, 0.3) is 6.43 Å². The van der Waals surface area contributed by atoms with Crippen LogP contribution in [0.25, 0.3) is 0 Å². The fraction of sp³-hybridized carbons (Fsp3) is 0.750. The summed E-state index contributed by atoms with van der Waals surface area (Å²) in [5.74, 6) is -0.215. The van der Waals surface area contributed by atoms with Crippen molar-refractivity contribution in [1.29, 1.82) is 0 Å². The lowest BCUT2D eigenvalue weighted by Crippen LogP contribution is -2.62. The number of halogens is 3. The van der Waals surface area contributed by atoms with Gasteiger partial charge in [0.15, 0.2) is 0 Å². The van der Waals surface area contributed by atoms with Crippen molar-refractivity contribution in [2.24, 2.45) is 0 Å². The smallest absolute Gasteiger partial charge is 0.283 e. The van der Waals surface area contributed by atoms with Crippen molar-refractivity contribution < 1.29 is 13.6 Å². The Kier molecular flexibility index (Phi) is 5.40. The first-order valence-corrected chi connectivity index (χ1v) is 8.79. The van der Waals surface area contributed by atoms with Crippen molar-refractivity contribution in [2.75, 3.05) is 0 Å². The fourth-order valence-electron chi connectivity index (χ4n) is 3.67. The molecule has 5 nitrogen and oxygen atoms in total. The summed E-state index contributed by atoms with van der Waals surface area (Å²) in [5, 5.41) is 10.4. The SMILES string of the molecule is Cc1c(Br)c(C(F)F)nn1CC(=O)NC1CC(C)(C)NC(C)(C)C1. The summed E-state index contributed by atoms with van der Waals surface area (Å²) < 4.78 is 27.4. The second-order valence-electron chi connectivity index (χ2n) is 7.81. The fourth-order valence-corrected chi connectivity index (χ4v) is 4.13. The molecule has 1 aromatic rings. The van der Waals surface area contributed by atoms with Crippen molar-refractivity contribution in [2.45, 2.75) is 77.6 Å². The van der Waals surface area contributed by atoms with Crippen LogP contribution in [0, 0.1) is 6.92 Å². The normalized spacial score (nSPS) is 20.4. The first-order chi connectivity index (χ1) is 10.9. The Balaban J connectivity index is 2.05. The maximum absolute atomic E-state index is 12.9. The summed E-state index contributed by atoms with van der Waals surface area (Å²) in [4.78, 5) is 12.4. The van der Waals surface area contributed by atoms with Gasteiger partial charge in [-0.1, -0.05) is 0 Å². The van der Waals surface area contributed by atoms with Crippen molar-refractivity contribution in [3.05, 3.63) is 15.9 Å². The van der Waals surface area contributed by atoms with Gasteiger partial charge in [0.2, 0.25) is 5.91 Å². The molecule has 0 spiro atoms. The van der Waals surface area contributed by atoms with Crippen LogP contribution in [0.5, 0.6) is 0 Å². The minimum absolute atomic E-state index is 0.0395. The molecule has 0 bridgehead atoms. The first kappa shape index (κ1) is 19.3. The molecule has 0 atom stereocenters. The molecule has 1 aromatic heterocycles. The topological polar surface area (TPSA) is 59.0 Å². The summed E-state index contributed by atoms with van der Waals surface area (Å²) in [6.45, 7) is 10.0. The summed E-state index contributed by atoms with van der Waals surface area (Å²) >= 11 is 3.12. The van der Waals surface area contributed by atoms with Crippen LogP contribution in [0.3, 0.4) is 0 Å². The number of hydrogen-bond acceptors (Lipinski definition) is 3. The van der Waals surface area contributed by atoms with E-state index in [0.29, 0.717) is 5.69 Å². The van der Waals surface area contributed by atoms with Gasteiger partial charge >= 0.3 is 0 Å². The van der Waals surface area contributed by atoms with Crippen LogP contribution in [-0.4, -0.2) is 32.8 Å². The minimum Gasteiger partial charge on any atom is -0.352 e. The standard InChI is InChI=1S/C16H25BrF2N4O/c1-9-12(17)13(14(18)19)21-23(9)8-11(24)20-10-6-15(2,3)22-16(4,5)7-10/h10,14,22H,6-8H2,1-5H3,(H,20,24). The van der Waals surface area contributed by atoms with Gasteiger partial charge in [0.1, 0.15) is 12.2 Å². The summed E-state index contributed by atoms with van der Waals surface area (Å²) in [6, 6.07) is 0.0395. The second-order valence-corrected chi connectivity index (χ2v) is 8.60. The molecule has 0 radical (unpaired) electrons. The number of amides is 1. The molecule has 1 aliphatic rings. The molecule has 1 saturated heterocycles. The van der Waals surface area contributed by atoms with Crippen LogP contribution < -0.4 is 10.6 Å². The molecule has 0 aromatic carbocycles. The van der Waals surface area contributed by atoms with Gasteiger partial charge in [0, 0.05) is 17.1 Å². The van der Waals surface area contributed by atoms with Crippen LogP contribution in [0.2, 0.25) is 0 Å². The molecule has 2 rings (SSSR count). The second kappa shape index (κ2) is 6.71. The molecule has 1 fully saturated rings. The van der Waals surface area contributed by atoms with Gasteiger partial charge in [-0.15, -0.1) is 0 Å². The molecule has 0 saturated carbocycles. The third-order valence-electron chi connectivity index (χ3n) is 4.21. The maximum Gasteiger partial charge on any atom is 0.283 e. The van der Waals surface area contributed by atoms with E-state index in [1.165, 1.54) is 4.68 Å².